The SMILES string of the molecule is CCCCCc1ccc2c(oc(=O)c3cc(C4CCC(CCCC)CC4)ccc32)c1F. The summed E-state index contributed by atoms with van der Waals surface area (Å²) < 4.78 is 20.6. The molecule has 3 aromatic rings. The topological polar surface area (TPSA) is 30.2 Å². The quantitative estimate of drug-likeness (QED) is 0.208. The highest BCUT2D eigenvalue weighted by Gasteiger charge is 2.23. The van der Waals surface area contributed by atoms with E-state index in [1.807, 2.05) is 24.3 Å². The van der Waals surface area contributed by atoms with Crippen molar-refractivity contribution in [3.63, 3.8) is 0 Å². The van der Waals surface area contributed by atoms with Crippen LogP contribution in [0.2, 0.25) is 0 Å². The van der Waals surface area contributed by atoms with E-state index in [9.17, 15) is 4.79 Å². The zero-order valence-electron chi connectivity index (χ0n) is 19.0. The third kappa shape index (κ3) is 4.71. The van der Waals surface area contributed by atoms with Gasteiger partial charge in [-0.05, 0) is 67.6 Å². The second kappa shape index (κ2) is 9.97. The third-order valence-electron chi connectivity index (χ3n) is 7.26. The first-order chi connectivity index (χ1) is 15.1. The van der Waals surface area contributed by atoms with E-state index >= 15 is 4.39 Å². The molecule has 166 valence electrons. The third-order valence-corrected chi connectivity index (χ3v) is 7.26. The lowest BCUT2D eigenvalue weighted by atomic mass is 9.77. The van der Waals surface area contributed by atoms with Gasteiger partial charge in [-0.25, -0.2) is 9.18 Å². The minimum absolute atomic E-state index is 0.107. The van der Waals surface area contributed by atoms with Crippen LogP contribution in [0, 0.1) is 11.7 Å². The van der Waals surface area contributed by atoms with Crippen molar-refractivity contribution in [2.45, 2.75) is 90.4 Å². The molecule has 0 saturated heterocycles. The number of aryl methyl sites for hydroxylation is 1. The largest absolute Gasteiger partial charge is 0.419 e. The number of rotatable bonds is 8. The molecule has 1 heterocycles. The summed E-state index contributed by atoms with van der Waals surface area (Å²) in [4.78, 5) is 12.8. The van der Waals surface area contributed by atoms with Crippen LogP contribution in [-0.2, 0) is 6.42 Å². The van der Waals surface area contributed by atoms with Crippen LogP contribution in [0.5, 0.6) is 0 Å². The van der Waals surface area contributed by atoms with Crippen molar-refractivity contribution in [1.29, 1.82) is 0 Å². The lowest BCUT2D eigenvalue weighted by Gasteiger charge is -2.29. The number of halogens is 1. The van der Waals surface area contributed by atoms with Crippen molar-refractivity contribution in [1.82, 2.24) is 0 Å². The number of fused-ring (bicyclic) bond motifs is 3. The fourth-order valence-electron chi connectivity index (χ4n) is 5.31. The average molecular weight is 423 g/mol. The summed E-state index contributed by atoms with van der Waals surface area (Å²) in [7, 11) is 0. The Hall–Kier alpha value is -2.16. The molecule has 1 aliphatic carbocycles. The predicted octanol–water partition coefficient (Wildman–Crippen LogP) is 8.28. The highest BCUT2D eigenvalue weighted by atomic mass is 19.1. The van der Waals surface area contributed by atoms with Crippen molar-refractivity contribution in [3.05, 3.63) is 57.7 Å². The van der Waals surface area contributed by atoms with Crippen LogP contribution in [-0.4, -0.2) is 0 Å². The summed E-state index contributed by atoms with van der Waals surface area (Å²) >= 11 is 0. The minimum atomic E-state index is -0.425. The van der Waals surface area contributed by atoms with Gasteiger partial charge >= 0.3 is 5.63 Å². The van der Waals surface area contributed by atoms with E-state index in [1.54, 1.807) is 0 Å². The monoisotopic (exact) mass is 422 g/mol. The van der Waals surface area contributed by atoms with Crippen LogP contribution in [0.4, 0.5) is 4.39 Å². The normalized spacial score (nSPS) is 19.3. The van der Waals surface area contributed by atoms with Crippen LogP contribution in [0.3, 0.4) is 0 Å². The number of hydrogen-bond donors (Lipinski definition) is 0. The second-order valence-corrected chi connectivity index (χ2v) is 9.43. The maximum absolute atomic E-state index is 15.1. The molecule has 0 N–H and O–H groups in total. The molecule has 0 aliphatic heterocycles. The van der Waals surface area contributed by atoms with Crippen molar-refractivity contribution in [2.75, 3.05) is 0 Å². The highest BCUT2D eigenvalue weighted by Crippen LogP contribution is 2.39. The summed E-state index contributed by atoms with van der Waals surface area (Å²) in [6, 6.07) is 9.93. The smallest absolute Gasteiger partial charge is 0.344 e. The second-order valence-electron chi connectivity index (χ2n) is 9.43. The Kier molecular flexibility index (Phi) is 7.09. The molecular formula is C28H35FO2. The Bertz CT molecular complexity index is 1090. The molecule has 31 heavy (non-hydrogen) atoms. The molecule has 0 atom stereocenters. The lowest BCUT2D eigenvalue weighted by molar-refractivity contribution is 0.304. The van der Waals surface area contributed by atoms with E-state index in [1.165, 1.54) is 50.5 Å². The number of benzene rings is 2. The van der Waals surface area contributed by atoms with Crippen molar-refractivity contribution >= 4 is 21.7 Å². The van der Waals surface area contributed by atoms with Crippen LogP contribution < -0.4 is 5.63 Å². The summed E-state index contributed by atoms with van der Waals surface area (Å²) in [5, 5.41) is 2.07. The van der Waals surface area contributed by atoms with Gasteiger partial charge in [0, 0.05) is 10.8 Å². The van der Waals surface area contributed by atoms with Crippen molar-refractivity contribution in [2.24, 2.45) is 5.92 Å². The summed E-state index contributed by atoms with van der Waals surface area (Å²) in [6.45, 7) is 4.39. The molecule has 1 aromatic heterocycles. The van der Waals surface area contributed by atoms with Crippen LogP contribution in [0.1, 0.15) is 95.1 Å². The van der Waals surface area contributed by atoms with Gasteiger partial charge in [0.1, 0.15) is 0 Å². The van der Waals surface area contributed by atoms with Crippen molar-refractivity contribution < 1.29 is 8.81 Å². The van der Waals surface area contributed by atoms with Gasteiger partial charge in [0.05, 0.1) is 5.39 Å². The van der Waals surface area contributed by atoms with Gasteiger partial charge in [0.2, 0.25) is 0 Å². The van der Waals surface area contributed by atoms with Gasteiger partial charge in [0.15, 0.2) is 11.4 Å². The molecule has 2 nitrogen and oxygen atoms in total. The van der Waals surface area contributed by atoms with Gasteiger partial charge in [-0.3, -0.25) is 0 Å². The Morgan fingerprint density at radius 2 is 1.65 bits per heavy atom. The average Bonchev–Trinajstić information content (AvgIpc) is 2.80. The maximum Gasteiger partial charge on any atom is 0.344 e. The molecular weight excluding hydrogens is 387 g/mol. The van der Waals surface area contributed by atoms with E-state index in [-0.39, 0.29) is 11.4 Å². The van der Waals surface area contributed by atoms with E-state index in [2.05, 4.69) is 19.9 Å². The van der Waals surface area contributed by atoms with Gasteiger partial charge in [-0.15, -0.1) is 0 Å². The van der Waals surface area contributed by atoms with E-state index in [0.717, 1.165) is 30.6 Å². The fourth-order valence-corrected chi connectivity index (χ4v) is 5.31. The molecule has 3 heteroatoms. The summed E-state index contributed by atoms with van der Waals surface area (Å²) in [5.74, 6) is 0.997. The van der Waals surface area contributed by atoms with Crippen LogP contribution in [0.15, 0.2) is 39.5 Å². The zero-order valence-corrected chi connectivity index (χ0v) is 19.0. The Morgan fingerprint density at radius 1 is 0.903 bits per heavy atom. The van der Waals surface area contributed by atoms with E-state index in [0.29, 0.717) is 28.7 Å². The molecule has 1 saturated carbocycles. The zero-order chi connectivity index (χ0) is 21.8. The Labute approximate surface area is 184 Å². The van der Waals surface area contributed by atoms with Gasteiger partial charge in [-0.1, -0.05) is 70.2 Å². The molecule has 1 fully saturated rings. The highest BCUT2D eigenvalue weighted by molar-refractivity contribution is 6.04. The van der Waals surface area contributed by atoms with Crippen molar-refractivity contribution in [3.8, 4) is 0 Å². The Morgan fingerprint density at radius 3 is 2.39 bits per heavy atom. The fraction of sp³-hybridized carbons (Fsp3) is 0.536. The lowest BCUT2D eigenvalue weighted by Crippen LogP contribution is -2.13. The van der Waals surface area contributed by atoms with E-state index in [4.69, 9.17) is 4.42 Å². The van der Waals surface area contributed by atoms with Gasteiger partial charge < -0.3 is 4.42 Å². The molecule has 0 radical (unpaired) electrons. The Balaban J connectivity index is 1.62. The molecule has 0 unspecified atom stereocenters. The van der Waals surface area contributed by atoms with Crippen LogP contribution >= 0.6 is 0 Å². The predicted molar refractivity (Wildman–Crippen MR) is 127 cm³/mol. The van der Waals surface area contributed by atoms with Crippen LogP contribution in [0.25, 0.3) is 21.7 Å². The number of unbranched alkanes of at least 4 members (excludes halogenated alkanes) is 3. The number of hydrogen-bond acceptors (Lipinski definition) is 2. The standard InChI is InChI=1S/C28H35FO2/c1-3-5-7-9-21-14-17-24-23-16-15-22(18-25(23)28(30)31-27(24)26(21)29)20-12-10-19(11-13-20)8-6-4-2/h14-20H,3-13H2,1-2H3. The molecule has 0 bridgehead atoms. The molecule has 2 aromatic carbocycles. The molecule has 4 rings (SSSR count). The first-order valence-electron chi connectivity index (χ1n) is 12.3. The molecule has 0 amide bonds. The van der Waals surface area contributed by atoms with Gasteiger partial charge in [0.25, 0.3) is 0 Å². The summed E-state index contributed by atoms with van der Waals surface area (Å²) in [5.41, 5.74) is 1.55. The van der Waals surface area contributed by atoms with Gasteiger partial charge in [-0.2, -0.15) is 0 Å². The molecule has 0 spiro atoms. The first-order valence-corrected chi connectivity index (χ1v) is 12.3. The minimum Gasteiger partial charge on any atom is -0.419 e. The first kappa shape index (κ1) is 22.0. The molecule has 1 aliphatic rings. The maximum atomic E-state index is 15.1. The van der Waals surface area contributed by atoms with E-state index < -0.39 is 5.63 Å². The summed E-state index contributed by atoms with van der Waals surface area (Å²) in [6.07, 6.45) is 12.7.